The van der Waals surface area contributed by atoms with Crippen molar-refractivity contribution in [3.8, 4) is 0 Å². The van der Waals surface area contributed by atoms with Crippen molar-refractivity contribution in [1.29, 1.82) is 0 Å². The molecular formula is C15H21N3O2S. The van der Waals surface area contributed by atoms with E-state index in [1.165, 1.54) is 0 Å². The smallest absolute Gasteiger partial charge is 0.283 e. The number of aryl methyl sites for hydroxylation is 2. The summed E-state index contributed by atoms with van der Waals surface area (Å²) < 4.78 is 26.5. The maximum atomic E-state index is 12.7. The molecule has 0 radical (unpaired) electrons. The fraction of sp³-hybridized carbons (Fsp3) is 0.400. The first-order valence-electron chi connectivity index (χ1n) is 6.95. The van der Waals surface area contributed by atoms with Gasteiger partial charge >= 0.3 is 0 Å². The highest BCUT2D eigenvalue weighted by molar-refractivity contribution is 7.89. The van der Waals surface area contributed by atoms with Gasteiger partial charge in [0.25, 0.3) is 10.0 Å². The molecule has 2 rings (SSSR count). The third-order valence-corrected chi connectivity index (χ3v) is 5.26. The molecule has 0 bridgehead atoms. The van der Waals surface area contributed by atoms with E-state index < -0.39 is 10.0 Å². The summed E-state index contributed by atoms with van der Waals surface area (Å²) in [5.41, 5.74) is 8.93. The summed E-state index contributed by atoms with van der Waals surface area (Å²) in [6.45, 7) is 6.12. The molecule has 2 aromatic rings. The number of hydrogen-bond donors (Lipinski definition) is 1. The molecule has 0 aliphatic rings. The van der Waals surface area contributed by atoms with Gasteiger partial charge in [-0.1, -0.05) is 17.7 Å². The van der Waals surface area contributed by atoms with Crippen LogP contribution in [0.3, 0.4) is 0 Å². The Bertz CT molecular complexity index is 731. The van der Waals surface area contributed by atoms with Crippen LogP contribution in [-0.4, -0.2) is 24.1 Å². The molecule has 114 valence electrons. The molecule has 21 heavy (non-hydrogen) atoms. The van der Waals surface area contributed by atoms with Crippen LogP contribution >= 0.6 is 0 Å². The highest BCUT2D eigenvalue weighted by Gasteiger charge is 2.23. The molecule has 0 unspecified atom stereocenters. The minimum Gasteiger partial charge on any atom is -0.330 e. The first-order chi connectivity index (χ1) is 9.87. The average Bonchev–Trinajstić information content (AvgIpc) is 2.73. The van der Waals surface area contributed by atoms with Gasteiger partial charge in [-0.3, -0.25) is 0 Å². The van der Waals surface area contributed by atoms with Gasteiger partial charge in [-0.05, 0) is 57.9 Å². The molecule has 0 saturated heterocycles. The normalized spacial score (nSPS) is 11.8. The molecule has 0 amide bonds. The Morgan fingerprint density at radius 1 is 1.14 bits per heavy atom. The van der Waals surface area contributed by atoms with E-state index in [0.717, 1.165) is 33.7 Å². The number of hydrogen-bond acceptors (Lipinski definition) is 4. The fourth-order valence-electron chi connectivity index (χ4n) is 2.33. The van der Waals surface area contributed by atoms with E-state index in [1.807, 2.05) is 13.8 Å². The Kier molecular flexibility index (Phi) is 4.49. The van der Waals surface area contributed by atoms with Crippen molar-refractivity contribution in [1.82, 2.24) is 9.19 Å². The van der Waals surface area contributed by atoms with E-state index in [-0.39, 0.29) is 4.90 Å². The van der Waals surface area contributed by atoms with Crippen molar-refractivity contribution < 1.29 is 8.42 Å². The second-order valence-corrected chi connectivity index (χ2v) is 6.97. The largest absolute Gasteiger partial charge is 0.330 e. The Morgan fingerprint density at radius 3 is 2.33 bits per heavy atom. The lowest BCUT2D eigenvalue weighted by Crippen LogP contribution is -2.16. The van der Waals surface area contributed by atoms with Gasteiger partial charge in [-0.25, -0.2) is 0 Å². The van der Waals surface area contributed by atoms with Crippen molar-refractivity contribution in [2.45, 2.75) is 38.5 Å². The topological polar surface area (TPSA) is 78.0 Å². The van der Waals surface area contributed by atoms with Gasteiger partial charge < -0.3 is 5.73 Å². The summed E-state index contributed by atoms with van der Waals surface area (Å²) >= 11 is 0. The molecule has 6 heteroatoms. The molecule has 0 fully saturated rings. The zero-order valence-corrected chi connectivity index (χ0v) is 13.4. The number of nitrogens with zero attached hydrogens (tertiary/aromatic N) is 2. The molecule has 1 aromatic carbocycles. The number of benzene rings is 1. The highest BCUT2D eigenvalue weighted by Crippen LogP contribution is 2.21. The molecule has 2 N–H and O–H groups in total. The molecule has 0 spiro atoms. The van der Waals surface area contributed by atoms with E-state index in [9.17, 15) is 8.42 Å². The van der Waals surface area contributed by atoms with Crippen molar-refractivity contribution in [2.75, 3.05) is 6.54 Å². The Labute approximate surface area is 125 Å². The van der Waals surface area contributed by atoms with Gasteiger partial charge in [0.15, 0.2) is 0 Å². The lowest BCUT2D eigenvalue weighted by molar-refractivity contribution is 0.577. The second kappa shape index (κ2) is 5.99. The van der Waals surface area contributed by atoms with Crippen molar-refractivity contribution in [2.24, 2.45) is 5.73 Å². The number of rotatable bonds is 5. The van der Waals surface area contributed by atoms with Crippen LogP contribution in [0, 0.1) is 20.8 Å². The third-order valence-electron chi connectivity index (χ3n) is 3.58. The standard InChI is InChI=1S/C15H21N3O2S/c1-11-6-8-14(9-7-11)21(19,20)18-13(3)15(5-4-10-16)12(2)17-18/h6-9H,4-5,10,16H2,1-3H3. The highest BCUT2D eigenvalue weighted by atomic mass is 32.2. The second-order valence-electron chi connectivity index (χ2n) is 5.20. The van der Waals surface area contributed by atoms with Gasteiger partial charge in [0.1, 0.15) is 0 Å². The van der Waals surface area contributed by atoms with Crippen LogP contribution in [0.2, 0.25) is 0 Å². The molecule has 0 atom stereocenters. The fourth-order valence-corrected chi connectivity index (χ4v) is 3.71. The zero-order valence-electron chi connectivity index (χ0n) is 12.6. The van der Waals surface area contributed by atoms with E-state index in [1.54, 1.807) is 31.2 Å². The van der Waals surface area contributed by atoms with Crippen LogP contribution in [0.15, 0.2) is 29.2 Å². The monoisotopic (exact) mass is 307 g/mol. The summed E-state index contributed by atoms with van der Waals surface area (Å²) in [5, 5.41) is 4.22. The van der Waals surface area contributed by atoms with E-state index in [2.05, 4.69) is 5.10 Å². The summed E-state index contributed by atoms with van der Waals surface area (Å²) in [4.78, 5) is 0.254. The Hall–Kier alpha value is -1.66. The van der Waals surface area contributed by atoms with Crippen molar-refractivity contribution in [3.63, 3.8) is 0 Å². The maximum Gasteiger partial charge on any atom is 0.283 e. The van der Waals surface area contributed by atoms with Gasteiger partial charge in [-0.15, -0.1) is 0 Å². The average molecular weight is 307 g/mol. The SMILES string of the molecule is Cc1ccc(S(=O)(=O)n2nc(C)c(CCCN)c2C)cc1. The van der Waals surface area contributed by atoms with Crippen LogP contribution in [-0.2, 0) is 16.4 Å². The lowest BCUT2D eigenvalue weighted by atomic mass is 10.1. The first-order valence-corrected chi connectivity index (χ1v) is 8.39. The summed E-state index contributed by atoms with van der Waals surface area (Å²) in [6, 6.07) is 6.79. The maximum absolute atomic E-state index is 12.7. The lowest BCUT2D eigenvalue weighted by Gasteiger charge is -2.07. The van der Waals surface area contributed by atoms with Crippen molar-refractivity contribution in [3.05, 3.63) is 46.8 Å². The molecule has 5 nitrogen and oxygen atoms in total. The Morgan fingerprint density at radius 2 is 1.76 bits per heavy atom. The van der Waals surface area contributed by atoms with Gasteiger partial charge in [0.2, 0.25) is 0 Å². The van der Waals surface area contributed by atoms with Crippen LogP contribution in [0.4, 0.5) is 0 Å². The molecule has 1 heterocycles. The Balaban J connectivity index is 2.48. The van der Waals surface area contributed by atoms with E-state index in [4.69, 9.17) is 5.73 Å². The quantitative estimate of drug-likeness (QED) is 0.915. The van der Waals surface area contributed by atoms with Crippen LogP contribution in [0.5, 0.6) is 0 Å². The van der Waals surface area contributed by atoms with Crippen LogP contribution in [0.1, 0.15) is 28.9 Å². The predicted molar refractivity (Wildman–Crippen MR) is 82.8 cm³/mol. The van der Waals surface area contributed by atoms with Gasteiger partial charge in [0.05, 0.1) is 16.3 Å². The van der Waals surface area contributed by atoms with Crippen LogP contribution < -0.4 is 5.73 Å². The molecule has 0 saturated carbocycles. The molecule has 0 aliphatic heterocycles. The van der Waals surface area contributed by atoms with E-state index >= 15 is 0 Å². The number of nitrogens with two attached hydrogens (primary N) is 1. The first kappa shape index (κ1) is 15.7. The number of aromatic nitrogens is 2. The van der Waals surface area contributed by atoms with Crippen molar-refractivity contribution >= 4 is 10.0 Å². The van der Waals surface area contributed by atoms with Gasteiger partial charge in [0, 0.05) is 0 Å². The summed E-state index contributed by atoms with van der Waals surface area (Å²) in [5.74, 6) is 0. The minimum absolute atomic E-state index is 0.254. The summed E-state index contributed by atoms with van der Waals surface area (Å²) in [7, 11) is -3.64. The molecule has 0 aliphatic carbocycles. The zero-order chi connectivity index (χ0) is 15.6. The molecular weight excluding hydrogens is 286 g/mol. The van der Waals surface area contributed by atoms with Crippen LogP contribution in [0.25, 0.3) is 0 Å². The summed E-state index contributed by atoms with van der Waals surface area (Å²) in [6.07, 6.45) is 1.57. The van der Waals surface area contributed by atoms with Gasteiger partial charge in [-0.2, -0.15) is 17.6 Å². The molecule has 1 aromatic heterocycles. The van der Waals surface area contributed by atoms with E-state index in [0.29, 0.717) is 12.2 Å². The predicted octanol–water partition coefficient (Wildman–Crippen LogP) is 1.94. The third kappa shape index (κ3) is 3.01. The minimum atomic E-state index is -3.64.